The van der Waals surface area contributed by atoms with Crippen molar-refractivity contribution in [1.82, 2.24) is 25.1 Å². The van der Waals surface area contributed by atoms with E-state index in [0.29, 0.717) is 6.04 Å². The molecule has 1 saturated carbocycles. The molecule has 0 aliphatic heterocycles. The van der Waals surface area contributed by atoms with Crippen molar-refractivity contribution in [3.63, 3.8) is 0 Å². The maximum atomic E-state index is 4.20. The molecule has 1 heterocycles. The van der Waals surface area contributed by atoms with E-state index in [1.54, 1.807) is 0 Å². The van der Waals surface area contributed by atoms with Gasteiger partial charge in [-0.05, 0) is 41.8 Å². The molecule has 0 N–H and O–H groups in total. The first-order valence-corrected chi connectivity index (χ1v) is 7.40. The predicted octanol–water partition coefficient (Wildman–Crippen LogP) is 2.42. The van der Waals surface area contributed by atoms with Gasteiger partial charge >= 0.3 is 0 Å². The van der Waals surface area contributed by atoms with Crippen molar-refractivity contribution in [1.29, 1.82) is 0 Å². The topological polar surface area (TPSA) is 46.8 Å². The van der Waals surface area contributed by atoms with Gasteiger partial charge in [0.1, 0.15) is 0 Å². The summed E-state index contributed by atoms with van der Waals surface area (Å²) < 4.78 is 2.01. The second-order valence-corrected chi connectivity index (χ2v) is 5.47. The van der Waals surface area contributed by atoms with Crippen LogP contribution in [0.1, 0.15) is 43.6 Å². The number of hydrogen-bond acceptors (Lipinski definition) is 4. The largest absolute Gasteiger partial charge is 0.292 e. The standard InChI is InChI=1S/C15H21N5/c1-2-10-19(11-13-6-4-3-5-7-13)12-15-16-17-18-20(15)14-8-9-14/h3-7,14H,2,8-12H2,1H3. The summed E-state index contributed by atoms with van der Waals surface area (Å²) in [5.74, 6) is 0.997. The van der Waals surface area contributed by atoms with Crippen LogP contribution in [0.4, 0.5) is 0 Å². The van der Waals surface area contributed by atoms with E-state index in [9.17, 15) is 0 Å². The van der Waals surface area contributed by atoms with Crippen molar-refractivity contribution in [2.75, 3.05) is 6.54 Å². The van der Waals surface area contributed by atoms with E-state index in [4.69, 9.17) is 0 Å². The molecule has 0 spiro atoms. The number of rotatable bonds is 7. The molecule has 0 saturated heterocycles. The monoisotopic (exact) mass is 271 g/mol. The van der Waals surface area contributed by atoms with E-state index >= 15 is 0 Å². The molecule has 2 aromatic rings. The zero-order chi connectivity index (χ0) is 13.8. The van der Waals surface area contributed by atoms with Crippen molar-refractivity contribution in [2.24, 2.45) is 0 Å². The van der Waals surface area contributed by atoms with Crippen LogP contribution < -0.4 is 0 Å². The predicted molar refractivity (Wildman–Crippen MR) is 76.9 cm³/mol. The first-order chi connectivity index (χ1) is 9.86. The van der Waals surface area contributed by atoms with Gasteiger partial charge in [0.15, 0.2) is 5.82 Å². The highest BCUT2D eigenvalue weighted by Crippen LogP contribution is 2.34. The van der Waals surface area contributed by atoms with Crippen LogP contribution >= 0.6 is 0 Å². The van der Waals surface area contributed by atoms with Gasteiger partial charge in [-0.3, -0.25) is 4.90 Å². The number of hydrogen-bond donors (Lipinski definition) is 0. The summed E-state index contributed by atoms with van der Waals surface area (Å²) in [6, 6.07) is 11.1. The fourth-order valence-corrected chi connectivity index (χ4v) is 2.49. The minimum absolute atomic E-state index is 0.542. The van der Waals surface area contributed by atoms with Crippen molar-refractivity contribution in [2.45, 2.75) is 45.3 Å². The Morgan fingerprint density at radius 2 is 2.00 bits per heavy atom. The lowest BCUT2D eigenvalue weighted by Gasteiger charge is -2.21. The quantitative estimate of drug-likeness (QED) is 0.776. The van der Waals surface area contributed by atoms with E-state index in [1.165, 1.54) is 18.4 Å². The van der Waals surface area contributed by atoms with Gasteiger partial charge in [-0.2, -0.15) is 0 Å². The molecule has 106 valence electrons. The Hall–Kier alpha value is -1.75. The molecule has 1 aromatic carbocycles. The Labute approximate surface area is 119 Å². The average Bonchev–Trinajstić information content (AvgIpc) is 3.21. The highest BCUT2D eigenvalue weighted by atomic mass is 15.6. The molecule has 0 amide bonds. The molecular weight excluding hydrogens is 250 g/mol. The van der Waals surface area contributed by atoms with Crippen molar-refractivity contribution < 1.29 is 0 Å². The number of benzene rings is 1. The molecule has 0 atom stereocenters. The Bertz CT molecular complexity index is 532. The molecule has 1 aliphatic rings. The van der Waals surface area contributed by atoms with Crippen molar-refractivity contribution in [3.05, 3.63) is 41.7 Å². The summed E-state index contributed by atoms with van der Waals surface area (Å²) in [5, 5.41) is 12.2. The Morgan fingerprint density at radius 1 is 1.20 bits per heavy atom. The van der Waals surface area contributed by atoms with Crippen LogP contribution in [0.25, 0.3) is 0 Å². The lowest BCUT2D eigenvalue weighted by molar-refractivity contribution is 0.245. The van der Waals surface area contributed by atoms with Crippen LogP contribution in [0, 0.1) is 0 Å². The minimum Gasteiger partial charge on any atom is -0.292 e. The van der Waals surface area contributed by atoms with Gasteiger partial charge in [-0.15, -0.1) is 5.10 Å². The van der Waals surface area contributed by atoms with Gasteiger partial charge in [0, 0.05) is 6.54 Å². The first kappa shape index (κ1) is 13.2. The van der Waals surface area contributed by atoms with E-state index in [0.717, 1.165) is 31.9 Å². The third-order valence-corrected chi connectivity index (χ3v) is 3.61. The fraction of sp³-hybridized carbons (Fsp3) is 0.533. The zero-order valence-corrected chi connectivity index (χ0v) is 11.9. The second-order valence-electron chi connectivity index (χ2n) is 5.47. The van der Waals surface area contributed by atoms with Gasteiger partial charge in [0.2, 0.25) is 0 Å². The maximum absolute atomic E-state index is 4.20. The van der Waals surface area contributed by atoms with Gasteiger partial charge < -0.3 is 0 Å². The van der Waals surface area contributed by atoms with E-state index < -0.39 is 0 Å². The lowest BCUT2D eigenvalue weighted by Crippen LogP contribution is -2.25. The number of nitrogens with zero attached hydrogens (tertiary/aromatic N) is 5. The molecule has 1 fully saturated rings. The van der Waals surface area contributed by atoms with Crippen LogP contribution in [-0.4, -0.2) is 31.7 Å². The van der Waals surface area contributed by atoms with Crippen LogP contribution in [0.15, 0.2) is 30.3 Å². The van der Waals surface area contributed by atoms with Crippen LogP contribution in [0.5, 0.6) is 0 Å². The van der Waals surface area contributed by atoms with E-state index in [-0.39, 0.29) is 0 Å². The molecular formula is C15H21N5. The van der Waals surface area contributed by atoms with E-state index in [1.807, 2.05) is 4.68 Å². The Balaban J connectivity index is 1.68. The molecule has 5 nitrogen and oxygen atoms in total. The molecule has 1 aliphatic carbocycles. The molecule has 0 unspecified atom stereocenters. The Morgan fingerprint density at radius 3 is 2.70 bits per heavy atom. The third-order valence-electron chi connectivity index (χ3n) is 3.61. The number of aromatic nitrogens is 4. The molecule has 0 radical (unpaired) electrons. The molecule has 5 heteroatoms. The normalized spacial score (nSPS) is 14.9. The zero-order valence-electron chi connectivity index (χ0n) is 11.9. The second kappa shape index (κ2) is 6.13. The SMILES string of the molecule is CCCN(Cc1ccccc1)Cc1nnnn1C1CC1. The lowest BCUT2D eigenvalue weighted by atomic mass is 10.2. The molecule has 3 rings (SSSR count). The van der Waals surface area contributed by atoms with E-state index in [2.05, 4.69) is 57.7 Å². The Kier molecular flexibility index (Phi) is 4.06. The summed E-state index contributed by atoms with van der Waals surface area (Å²) >= 11 is 0. The third kappa shape index (κ3) is 3.22. The summed E-state index contributed by atoms with van der Waals surface area (Å²) in [6.07, 6.45) is 3.56. The van der Waals surface area contributed by atoms with Gasteiger partial charge in [0.05, 0.1) is 12.6 Å². The minimum atomic E-state index is 0.542. The number of tetrazole rings is 1. The molecule has 1 aromatic heterocycles. The van der Waals surface area contributed by atoms with Gasteiger partial charge in [-0.1, -0.05) is 37.3 Å². The molecule has 20 heavy (non-hydrogen) atoms. The first-order valence-electron chi connectivity index (χ1n) is 7.40. The van der Waals surface area contributed by atoms with Crippen molar-refractivity contribution in [3.8, 4) is 0 Å². The average molecular weight is 271 g/mol. The summed E-state index contributed by atoms with van der Waals surface area (Å²) in [7, 11) is 0. The highest BCUT2D eigenvalue weighted by Gasteiger charge is 2.28. The van der Waals surface area contributed by atoms with Crippen LogP contribution in [0.3, 0.4) is 0 Å². The highest BCUT2D eigenvalue weighted by molar-refractivity contribution is 5.14. The smallest absolute Gasteiger partial charge is 0.165 e. The fourth-order valence-electron chi connectivity index (χ4n) is 2.49. The maximum Gasteiger partial charge on any atom is 0.165 e. The van der Waals surface area contributed by atoms with Crippen LogP contribution in [-0.2, 0) is 13.1 Å². The van der Waals surface area contributed by atoms with Gasteiger partial charge in [-0.25, -0.2) is 4.68 Å². The molecule has 0 bridgehead atoms. The van der Waals surface area contributed by atoms with Gasteiger partial charge in [0.25, 0.3) is 0 Å². The summed E-state index contributed by atoms with van der Waals surface area (Å²) in [5.41, 5.74) is 1.34. The summed E-state index contributed by atoms with van der Waals surface area (Å²) in [4.78, 5) is 2.42. The van der Waals surface area contributed by atoms with Crippen LogP contribution in [0.2, 0.25) is 0 Å². The van der Waals surface area contributed by atoms with Crippen molar-refractivity contribution >= 4 is 0 Å². The summed E-state index contributed by atoms with van der Waals surface area (Å²) in [6.45, 7) is 5.05.